The molecule has 1 heteroatoms. The van der Waals surface area contributed by atoms with E-state index in [0.717, 1.165) is 12.0 Å². The van der Waals surface area contributed by atoms with E-state index in [0.29, 0.717) is 12.3 Å². The monoisotopic (exact) mass is 266 g/mol. The van der Waals surface area contributed by atoms with Crippen LogP contribution >= 0.6 is 0 Å². The summed E-state index contributed by atoms with van der Waals surface area (Å²) in [4.78, 5) is 12.4. The van der Waals surface area contributed by atoms with Gasteiger partial charge in [-0.2, -0.15) is 0 Å². The van der Waals surface area contributed by atoms with Gasteiger partial charge in [0.1, 0.15) is 0 Å². The topological polar surface area (TPSA) is 17.1 Å². The Hall–Kier alpha value is -1.89. The van der Waals surface area contributed by atoms with Crippen molar-refractivity contribution in [1.29, 1.82) is 0 Å². The van der Waals surface area contributed by atoms with Crippen molar-refractivity contribution in [2.45, 2.75) is 38.5 Å². The molecular formula is C19H22O. The standard InChI is InChI=1S/C19H22O/c1-2-3-10-18(16-11-6-4-7-12-16)15-19(20)17-13-8-5-9-14-17/h4-9,11-14,18H,2-3,10,15H2,1H3/t18-/m0/s1. The zero-order valence-corrected chi connectivity index (χ0v) is 12.1. The van der Waals surface area contributed by atoms with Crippen LogP contribution < -0.4 is 0 Å². The predicted octanol–water partition coefficient (Wildman–Crippen LogP) is 5.23. The number of hydrogen-bond donors (Lipinski definition) is 0. The van der Waals surface area contributed by atoms with Crippen molar-refractivity contribution < 1.29 is 4.79 Å². The third-order valence-corrected chi connectivity index (χ3v) is 3.70. The number of carbonyl (C=O) groups is 1. The summed E-state index contributed by atoms with van der Waals surface area (Å²) < 4.78 is 0. The van der Waals surface area contributed by atoms with E-state index in [9.17, 15) is 4.79 Å². The summed E-state index contributed by atoms with van der Waals surface area (Å²) in [5, 5.41) is 0. The van der Waals surface area contributed by atoms with Crippen LogP contribution in [0.15, 0.2) is 60.7 Å². The number of carbonyl (C=O) groups excluding carboxylic acids is 1. The first-order valence-corrected chi connectivity index (χ1v) is 7.44. The second-order valence-electron chi connectivity index (χ2n) is 5.24. The minimum absolute atomic E-state index is 0.246. The van der Waals surface area contributed by atoms with Crippen molar-refractivity contribution in [3.8, 4) is 0 Å². The molecule has 0 spiro atoms. The van der Waals surface area contributed by atoms with Gasteiger partial charge in [0, 0.05) is 12.0 Å². The van der Waals surface area contributed by atoms with Gasteiger partial charge in [-0.15, -0.1) is 0 Å². The van der Waals surface area contributed by atoms with Crippen LogP contribution in [0.25, 0.3) is 0 Å². The number of rotatable bonds is 7. The van der Waals surface area contributed by atoms with Gasteiger partial charge in [-0.25, -0.2) is 0 Å². The molecule has 0 heterocycles. The number of unbranched alkanes of at least 4 members (excludes halogenated alkanes) is 1. The summed E-state index contributed by atoms with van der Waals surface area (Å²) >= 11 is 0. The van der Waals surface area contributed by atoms with E-state index in [1.165, 1.54) is 18.4 Å². The first-order valence-electron chi connectivity index (χ1n) is 7.44. The van der Waals surface area contributed by atoms with Gasteiger partial charge in [-0.1, -0.05) is 80.4 Å². The van der Waals surface area contributed by atoms with Crippen molar-refractivity contribution >= 4 is 5.78 Å². The van der Waals surface area contributed by atoms with E-state index in [4.69, 9.17) is 0 Å². The molecule has 1 atom stereocenters. The Morgan fingerprint density at radius 2 is 1.55 bits per heavy atom. The highest BCUT2D eigenvalue weighted by atomic mass is 16.1. The minimum atomic E-state index is 0.246. The maximum absolute atomic E-state index is 12.4. The van der Waals surface area contributed by atoms with Gasteiger partial charge in [0.2, 0.25) is 0 Å². The normalized spacial score (nSPS) is 12.1. The van der Waals surface area contributed by atoms with Gasteiger partial charge in [-0.05, 0) is 17.9 Å². The molecular weight excluding hydrogens is 244 g/mol. The molecule has 0 amide bonds. The number of Topliss-reactive ketones (excluding diaryl/α,β-unsaturated/α-hetero) is 1. The van der Waals surface area contributed by atoms with E-state index >= 15 is 0 Å². The molecule has 0 bridgehead atoms. The van der Waals surface area contributed by atoms with Crippen molar-refractivity contribution in [2.24, 2.45) is 0 Å². The van der Waals surface area contributed by atoms with Crippen LogP contribution in [0.5, 0.6) is 0 Å². The van der Waals surface area contributed by atoms with E-state index < -0.39 is 0 Å². The lowest BCUT2D eigenvalue weighted by Crippen LogP contribution is -2.08. The highest BCUT2D eigenvalue weighted by Crippen LogP contribution is 2.27. The molecule has 0 aliphatic rings. The van der Waals surface area contributed by atoms with Gasteiger partial charge in [0.15, 0.2) is 5.78 Å². The summed E-state index contributed by atoms with van der Waals surface area (Å²) in [6, 6.07) is 20.0. The molecule has 2 aromatic carbocycles. The lowest BCUT2D eigenvalue weighted by atomic mass is 9.87. The Labute approximate surface area is 121 Å². The Morgan fingerprint density at radius 1 is 0.950 bits per heavy atom. The second kappa shape index (κ2) is 7.64. The molecule has 0 N–H and O–H groups in total. The average molecular weight is 266 g/mol. The lowest BCUT2D eigenvalue weighted by Gasteiger charge is -2.16. The molecule has 104 valence electrons. The molecule has 0 saturated heterocycles. The van der Waals surface area contributed by atoms with Gasteiger partial charge >= 0.3 is 0 Å². The molecule has 2 aromatic rings. The maximum Gasteiger partial charge on any atom is 0.163 e. The molecule has 1 nitrogen and oxygen atoms in total. The molecule has 20 heavy (non-hydrogen) atoms. The maximum atomic E-state index is 12.4. The molecule has 0 aliphatic heterocycles. The molecule has 2 rings (SSSR count). The van der Waals surface area contributed by atoms with Crippen molar-refractivity contribution in [2.75, 3.05) is 0 Å². The molecule has 0 aliphatic carbocycles. The summed E-state index contributed by atoms with van der Waals surface area (Å²) in [5.41, 5.74) is 2.11. The number of benzene rings is 2. The van der Waals surface area contributed by atoms with Crippen LogP contribution in [0, 0.1) is 0 Å². The van der Waals surface area contributed by atoms with Crippen molar-refractivity contribution in [1.82, 2.24) is 0 Å². The fraction of sp³-hybridized carbons (Fsp3) is 0.316. The van der Waals surface area contributed by atoms with Crippen LogP contribution in [0.3, 0.4) is 0 Å². The van der Waals surface area contributed by atoms with Crippen molar-refractivity contribution in [3.63, 3.8) is 0 Å². The Kier molecular flexibility index (Phi) is 5.55. The largest absolute Gasteiger partial charge is 0.294 e. The molecule has 0 fully saturated rings. The van der Waals surface area contributed by atoms with Gasteiger partial charge < -0.3 is 0 Å². The molecule has 0 radical (unpaired) electrons. The summed E-state index contributed by atoms with van der Waals surface area (Å²) in [6.45, 7) is 2.20. The van der Waals surface area contributed by atoms with Crippen LogP contribution in [0.1, 0.15) is 54.4 Å². The molecule has 0 aromatic heterocycles. The lowest BCUT2D eigenvalue weighted by molar-refractivity contribution is 0.0972. The van der Waals surface area contributed by atoms with E-state index in [1.807, 2.05) is 36.4 Å². The quantitative estimate of drug-likeness (QED) is 0.627. The Balaban J connectivity index is 2.10. The molecule has 0 unspecified atom stereocenters. The fourth-order valence-corrected chi connectivity index (χ4v) is 2.53. The smallest absolute Gasteiger partial charge is 0.163 e. The highest BCUT2D eigenvalue weighted by Gasteiger charge is 2.16. The Morgan fingerprint density at radius 3 is 2.15 bits per heavy atom. The Bertz CT molecular complexity index is 516. The van der Waals surface area contributed by atoms with E-state index in [-0.39, 0.29) is 5.78 Å². The van der Waals surface area contributed by atoms with Crippen LogP contribution in [-0.2, 0) is 0 Å². The van der Waals surface area contributed by atoms with Crippen LogP contribution in [-0.4, -0.2) is 5.78 Å². The SMILES string of the molecule is CCCC[C@@H](CC(=O)c1ccccc1)c1ccccc1. The molecule has 0 saturated carbocycles. The second-order valence-corrected chi connectivity index (χ2v) is 5.24. The predicted molar refractivity (Wildman–Crippen MR) is 84.1 cm³/mol. The van der Waals surface area contributed by atoms with Crippen LogP contribution in [0.2, 0.25) is 0 Å². The first kappa shape index (κ1) is 14.5. The third-order valence-electron chi connectivity index (χ3n) is 3.70. The van der Waals surface area contributed by atoms with Gasteiger partial charge in [0.05, 0.1) is 0 Å². The third kappa shape index (κ3) is 4.06. The van der Waals surface area contributed by atoms with Gasteiger partial charge in [-0.3, -0.25) is 4.79 Å². The summed E-state index contributed by atoms with van der Waals surface area (Å²) in [5.74, 6) is 0.583. The van der Waals surface area contributed by atoms with E-state index in [1.54, 1.807) is 0 Å². The van der Waals surface area contributed by atoms with Crippen LogP contribution in [0.4, 0.5) is 0 Å². The highest BCUT2D eigenvalue weighted by molar-refractivity contribution is 5.96. The first-order chi connectivity index (χ1) is 9.81. The zero-order chi connectivity index (χ0) is 14.2. The fourth-order valence-electron chi connectivity index (χ4n) is 2.53. The summed E-state index contributed by atoms with van der Waals surface area (Å²) in [7, 11) is 0. The zero-order valence-electron chi connectivity index (χ0n) is 12.1. The summed E-state index contributed by atoms with van der Waals surface area (Å²) in [6.07, 6.45) is 4.03. The number of ketones is 1. The van der Waals surface area contributed by atoms with Crippen molar-refractivity contribution in [3.05, 3.63) is 71.8 Å². The van der Waals surface area contributed by atoms with E-state index in [2.05, 4.69) is 31.2 Å². The van der Waals surface area contributed by atoms with Gasteiger partial charge in [0.25, 0.3) is 0 Å². The average Bonchev–Trinajstić information content (AvgIpc) is 2.53. The number of hydrogen-bond acceptors (Lipinski definition) is 1. The minimum Gasteiger partial charge on any atom is -0.294 e.